The lowest BCUT2D eigenvalue weighted by atomic mass is 9.43. The summed E-state index contributed by atoms with van der Waals surface area (Å²) in [7, 11) is 0. The fraction of sp³-hybridized carbons (Fsp3) is 0.926. The molecule has 3 saturated carbocycles. The van der Waals surface area contributed by atoms with Crippen LogP contribution < -0.4 is 0 Å². The molecule has 8 atom stereocenters. The molecule has 6 rings (SSSR count). The molecule has 2 spiro atoms. The van der Waals surface area contributed by atoms with E-state index in [1.165, 1.54) is 70.6 Å². The van der Waals surface area contributed by atoms with Crippen LogP contribution in [-0.4, -0.2) is 22.4 Å². The number of rotatable bonds is 7. The van der Waals surface area contributed by atoms with E-state index in [0.717, 1.165) is 18.8 Å². The van der Waals surface area contributed by atoms with Gasteiger partial charge < -0.3 is 5.11 Å². The highest BCUT2D eigenvalue weighted by Crippen LogP contribution is 2.72. The van der Waals surface area contributed by atoms with Crippen LogP contribution in [0.2, 0.25) is 0 Å². The van der Waals surface area contributed by atoms with Crippen molar-refractivity contribution < 1.29 is 14.9 Å². The topological polar surface area (TPSA) is 38.7 Å². The second-order valence-electron chi connectivity index (χ2n) is 12.0. The molecule has 0 aromatic carbocycles. The summed E-state index contributed by atoms with van der Waals surface area (Å²) in [5.74, 6) is 1.95. The van der Waals surface area contributed by atoms with E-state index in [9.17, 15) is 5.11 Å². The Morgan fingerprint density at radius 1 is 0.867 bits per heavy atom. The molecule has 3 unspecified atom stereocenters. The summed E-state index contributed by atoms with van der Waals surface area (Å²) in [6.07, 6.45) is 22.1. The first-order valence-corrected chi connectivity index (χ1v) is 13.2. The van der Waals surface area contributed by atoms with E-state index in [-0.39, 0.29) is 17.1 Å². The van der Waals surface area contributed by atoms with E-state index in [1.807, 2.05) is 0 Å². The molecule has 0 radical (unpaired) electrons. The quantitative estimate of drug-likeness (QED) is 0.284. The molecule has 3 nitrogen and oxygen atoms in total. The number of unbranched alkanes of at least 4 members (excludes halogenated alkanes) is 5. The zero-order chi connectivity index (χ0) is 21.0. The molecule has 1 saturated heterocycles. The van der Waals surface area contributed by atoms with E-state index in [4.69, 9.17) is 9.78 Å². The van der Waals surface area contributed by atoms with Crippen molar-refractivity contribution in [2.45, 2.75) is 128 Å². The number of aliphatic hydroxyl groups is 1. The van der Waals surface area contributed by atoms with Gasteiger partial charge in [-0.1, -0.05) is 65.4 Å². The zero-order valence-corrected chi connectivity index (χ0v) is 19.6. The average molecular weight is 417 g/mol. The Morgan fingerprint density at radius 2 is 1.67 bits per heavy atom. The van der Waals surface area contributed by atoms with Crippen molar-refractivity contribution >= 4 is 0 Å². The first-order valence-electron chi connectivity index (χ1n) is 13.2. The maximum Gasteiger partial charge on any atom is 0.130 e. The van der Waals surface area contributed by atoms with Crippen molar-refractivity contribution in [3.63, 3.8) is 0 Å². The molecule has 1 N–H and O–H groups in total. The van der Waals surface area contributed by atoms with Crippen molar-refractivity contribution in [3.8, 4) is 0 Å². The molecule has 3 heteroatoms. The summed E-state index contributed by atoms with van der Waals surface area (Å²) in [6, 6.07) is 0. The Kier molecular flexibility index (Phi) is 5.43. The standard InChI is InChI=1S/C27H44O3/c1-4-5-6-7-8-9-10-20-11-12-22-24(20,2)15-14-23-25(3)16-13-21(28)19-26(25)17-18-27(22,23)30-29-26/h17-18,20-23,28H,4-16,19H2,1-3H3/t20?,21-,22?,23?,24+,25+,26+,27-/m0/s1. The summed E-state index contributed by atoms with van der Waals surface area (Å²) in [6.45, 7) is 7.32. The average Bonchev–Trinajstić information content (AvgIpc) is 3.07. The molecule has 30 heavy (non-hydrogen) atoms. The van der Waals surface area contributed by atoms with Gasteiger partial charge >= 0.3 is 0 Å². The predicted molar refractivity (Wildman–Crippen MR) is 120 cm³/mol. The van der Waals surface area contributed by atoms with Gasteiger partial charge in [0.05, 0.1) is 6.10 Å². The summed E-state index contributed by atoms with van der Waals surface area (Å²) >= 11 is 0. The van der Waals surface area contributed by atoms with Crippen molar-refractivity contribution in [1.82, 2.24) is 0 Å². The van der Waals surface area contributed by atoms with E-state index in [0.29, 0.717) is 23.7 Å². The van der Waals surface area contributed by atoms with E-state index < -0.39 is 5.60 Å². The van der Waals surface area contributed by atoms with Crippen molar-refractivity contribution in [2.24, 2.45) is 28.6 Å². The van der Waals surface area contributed by atoms with Gasteiger partial charge in [-0.15, -0.1) is 0 Å². The lowest BCUT2D eigenvalue weighted by Gasteiger charge is -2.69. The molecule has 2 heterocycles. The Morgan fingerprint density at radius 3 is 2.43 bits per heavy atom. The highest BCUT2D eigenvalue weighted by molar-refractivity contribution is 5.33. The first kappa shape index (κ1) is 21.5. The Bertz CT molecular complexity index is 675. The molecule has 170 valence electrons. The number of hydrogen-bond acceptors (Lipinski definition) is 3. The van der Waals surface area contributed by atoms with Gasteiger partial charge in [-0.05, 0) is 62.4 Å². The molecule has 6 aliphatic rings. The summed E-state index contributed by atoms with van der Waals surface area (Å²) in [4.78, 5) is 12.7. The minimum atomic E-state index is -0.415. The van der Waals surface area contributed by atoms with Gasteiger partial charge in [-0.25, -0.2) is 9.78 Å². The maximum atomic E-state index is 10.4. The summed E-state index contributed by atoms with van der Waals surface area (Å²) < 4.78 is 0. The van der Waals surface area contributed by atoms with E-state index >= 15 is 0 Å². The van der Waals surface area contributed by atoms with Crippen LogP contribution in [0.25, 0.3) is 0 Å². The third-order valence-electron chi connectivity index (χ3n) is 10.7. The maximum absolute atomic E-state index is 10.4. The second kappa shape index (κ2) is 7.59. The van der Waals surface area contributed by atoms with E-state index in [2.05, 4.69) is 32.9 Å². The Labute approximate surface area is 183 Å². The van der Waals surface area contributed by atoms with E-state index in [1.54, 1.807) is 0 Å². The zero-order valence-electron chi connectivity index (χ0n) is 19.6. The monoisotopic (exact) mass is 416 g/mol. The van der Waals surface area contributed by atoms with Crippen LogP contribution in [0.3, 0.4) is 0 Å². The highest BCUT2D eigenvalue weighted by atomic mass is 17.2. The van der Waals surface area contributed by atoms with Crippen LogP contribution in [0.15, 0.2) is 12.2 Å². The smallest absolute Gasteiger partial charge is 0.130 e. The molecule has 4 fully saturated rings. The van der Waals surface area contributed by atoms with Gasteiger partial charge in [-0.2, -0.15) is 0 Å². The summed E-state index contributed by atoms with van der Waals surface area (Å²) in [5.41, 5.74) is -0.170. The van der Waals surface area contributed by atoms with Crippen LogP contribution in [0.1, 0.15) is 111 Å². The van der Waals surface area contributed by atoms with Gasteiger partial charge in [0.2, 0.25) is 0 Å². The summed E-state index contributed by atoms with van der Waals surface area (Å²) in [5, 5.41) is 10.4. The van der Waals surface area contributed by atoms with Crippen molar-refractivity contribution in [3.05, 3.63) is 12.2 Å². The molecule has 0 aromatic rings. The first-order chi connectivity index (χ1) is 14.4. The van der Waals surface area contributed by atoms with Gasteiger partial charge in [0.25, 0.3) is 0 Å². The van der Waals surface area contributed by atoms with Crippen LogP contribution in [0, 0.1) is 28.6 Å². The Balaban J connectivity index is 1.34. The minimum absolute atomic E-state index is 0.0952. The van der Waals surface area contributed by atoms with Crippen LogP contribution in [0.5, 0.6) is 0 Å². The number of fused-ring (bicyclic) bond motifs is 2. The second-order valence-corrected chi connectivity index (χ2v) is 12.0. The normalized spacial score (nSPS) is 51.5. The molecule has 0 amide bonds. The fourth-order valence-corrected chi connectivity index (χ4v) is 8.85. The molecule has 4 aliphatic carbocycles. The molecule has 2 aliphatic heterocycles. The van der Waals surface area contributed by atoms with Gasteiger partial charge in [0.1, 0.15) is 11.2 Å². The minimum Gasteiger partial charge on any atom is -0.393 e. The predicted octanol–water partition coefficient (Wildman–Crippen LogP) is 6.74. The lowest BCUT2D eigenvalue weighted by molar-refractivity contribution is -0.497. The van der Waals surface area contributed by atoms with Crippen LogP contribution in [-0.2, 0) is 9.78 Å². The largest absolute Gasteiger partial charge is 0.393 e. The number of aliphatic hydroxyl groups excluding tert-OH is 1. The van der Waals surface area contributed by atoms with Crippen LogP contribution >= 0.6 is 0 Å². The fourth-order valence-electron chi connectivity index (χ4n) is 8.85. The van der Waals surface area contributed by atoms with Gasteiger partial charge in [0.15, 0.2) is 0 Å². The van der Waals surface area contributed by atoms with Crippen LogP contribution in [0.4, 0.5) is 0 Å². The lowest BCUT2D eigenvalue weighted by Crippen LogP contribution is -2.73. The van der Waals surface area contributed by atoms with Gasteiger partial charge in [0, 0.05) is 23.7 Å². The number of hydrogen-bond donors (Lipinski definition) is 1. The SMILES string of the molecule is CCCCCCCCC1CCC2[C@]1(C)CCC1[C@]23C=C[C@]2(C[C@@H](O)CC[C@]12C)OO3. The molecular weight excluding hydrogens is 372 g/mol. The highest BCUT2D eigenvalue weighted by Gasteiger charge is 2.74. The van der Waals surface area contributed by atoms with Gasteiger partial charge in [-0.3, -0.25) is 0 Å². The third kappa shape index (κ3) is 2.87. The molecule has 0 aromatic heterocycles. The molecular formula is C27H44O3. The molecule has 2 bridgehead atoms. The Hall–Kier alpha value is -0.380. The van der Waals surface area contributed by atoms with Crippen molar-refractivity contribution in [2.75, 3.05) is 0 Å². The third-order valence-corrected chi connectivity index (χ3v) is 10.7. The van der Waals surface area contributed by atoms with Crippen molar-refractivity contribution in [1.29, 1.82) is 0 Å².